The van der Waals surface area contributed by atoms with Gasteiger partial charge in [0.15, 0.2) is 0 Å². The maximum absolute atomic E-state index is 11.6. The second kappa shape index (κ2) is 3.53. The molecule has 0 aromatic carbocycles. The third-order valence-electron chi connectivity index (χ3n) is 1.85. The summed E-state index contributed by atoms with van der Waals surface area (Å²) in [5.41, 5.74) is 0. The Kier molecular flexibility index (Phi) is 2.88. The summed E-state index contributed by atoms with van der Waals surface area (Å²) in [6.45, 7) is 0. The summed E-state index contributed by atoms with van der Waals surface area (Å²) in [5, 5.41) is 0.836. The summed E-state index contributed by atoms with van der Waals surface area (Å²) >= 11 is 0. The molecule has 3 nitrogen and oxygen atoms in total. The maximum Gasteiger partial charge on any atom is 0.356 e. The predicted molar refractivity (Wildman–Crippen MR) is 43.6 cm³/mol. The van der Waals surface area contributed by atoms with Crippen LogP contribution in [0.5, 0.6) is 0 Å². The molecule has 0 saturated carbocycles. The second-order valence-corrected chi connectivity index (χ2v) is 4.75. The van der Waals surface area contributed by atoms with E-state index in [0.717, 1.165) is 24.6 Å². The van der Waals surface area contributed by atoms with Crippen molar-refractivity contribution >= 4 is 7.60 Å². The van der Waals surface area contributed by atoms with Crippen molar-refractivity contribution in [2.45, 2.75) is 19.3 Å². The van der Waals surface area contributed by atoms with E-state index in [1.54, 1.807) is 0 Å². The van der Waals surface area contributed by atoms with Gasteiger partial charge < -0.3 is 9.05 Å². The lowest BCUT2D eigenvalue weighted by Crippen LogP contribution is -1.90. The minimum Gasteiger partial charge on any atom is -0.309 e. The van der Waals surface area contributed by atoms with Gasteiger partial charge >= 0.3 is 7.60 Å². The fraction of sp³-hybridized carbons (Fsp3) is 0.714. The summed E-state index contributed by atoms with van der Waals surface area (Å²) in [6, 6.07) is 0. The van der Waals surface area contributed by atoms with Gasteiger partial charge in [-0.05, 0) is 19.3 Å². The summed E-state index contributed by atoms with van der Waals surface area (Å²) in [5.74, 6) is 0. The Hall–Kier alpha value is -0.110. The molecule has 0 saturated heterocycles. The van der Waals surface area contributed by atoms with Crippen LogP contribution < -0.4 is 0 Å². The van der Waals surface area contributed by atoms with E-state index in [-0.39, 0.29) is 0 Å². The van der Waals surface area contributed by atoms with Gasteiger partial charge in [0.25, 0.3) is 0 Å². The lowest BCUT2D eigenvalue weighted by Gasteiger charge is -2.13. The van der Waals surface area contributed by atoms with Crippen LogP contribution in [0.2, 0.25) is 0 Å². The molecule has 0 radical (unpaired) electrons. The number of allylic oxidation sites excluding steroid dienone is 2. The Labute approximate surface area is 66.9 Å². The van der Waals surface area contributed by atoms with Gasteiger partial charge in [-0.25, -0.2) is 0 Å². The average molecular weight is 176 g/mol. The van der Waals surface area contributed by atoms with E-state index >= 15 is 0 Å². The zero-order valence-electron chi connectivity index (χ0n) is 6.87. The molecule has 0 aromatic heterocycles. The van der Waals surface area contributed by atoms with E-state index in [2.05, 4.69) is 0 Å². The van der Waals surface area contributed by atoms with Crippen molar-refractivity contribution in [1.29, 1.82) is 0 Å². The van der Waals surface area contributed by atoms with E-state index in [9.17, 15) is 4.57 Å². The van der Waals surface area contributed by atoms with Gasteiger partial charge in [-0.3, -0.25) is 4.57 Å². The molecule has 0 atom stereocenters. The van der Waals surface area contributed by atoms with Crippen molar-refractivity contribution in [2.75, 3.05) is 14.2 Å². The molecule has 0 heterocycles. The van der Waals surface area contributed by atoms with E-state index < -0.39 is 7.60 Å². The predicted octanol–water partition coefficient (Wildman–Crippen LogP) is 2.54. The molecular formula is C7H13O3P. The summed E-state index contributed by atoms with van der Waals surface area (Å²) in [4.78, 5) is 0. The van der Waals surface area contributed by atoms with Crippen molar-refractivity contribution in [2.24, 2.45) is 0 Å². The van der Waals surface area contributed by atoms with Crippen molar-refractivity contribution in [3.8, 4) is 0 Å². The topological polar surface area (TPSA) is 35.5 Å². The van der Waals surface area contributed by atoms with Crippen molar-refractivity contribution in [3.63, 3.8) is 0 Å². The molecule has 0 aromatic rings. The van der Waals surface area contributed by atoms with Crippen molar-refractivity contribution in [3.05, 3.63) is 11.4 Å². The molecule has 11 heavy (non-hydrogen) atoms. The first-order chi connectivity index (χ1) is 5.23. The van der Waals surface area contributed by atoms with Gasteiger partial charge in [0.2, 0.25) is 0 Å². The van der Waals surface area contributed by atoms with Crippen LogP contribution in [0.15, 0.2) is 11.4 Å². The molecule has 1 aliphatic rings. The molecule has 0 N–H and O–H groups in total. The first-order valence-corrected chi connectivity index (χ1v) is 5.18. The van der Waals surface area contributed by atoms with E-state index in [0.29, 0.717) is 0 Å². The molecule has 0 spiro atoms. The van der Waals surface area contributed by atoms with Crippen LogP contribution in [-0.4, -0.2) is 14.2 Å². The highest BCUT2D eigenvalue weighted by molar-refractivity contribution is 7.58. The normalized spacial score (nSPS) is 18.5. The van der Waals surface area contributed by atoms with Crippen LogP contribution in [0.25, 0.3) is 0 Å². The average Bonchev–Trinajstić information content (AvgIpc) is 2.55. The minimum atomic E-state index is -2.87. The van der Waals surface area contributed by atoms with Crippen LogP contribution in [0, 0.1) is 0 Å². The third kappa shape index (κ3) is 1.73. The van der Waals surface area contributed by atoms with Crippen LogP contribution in [0.3, 0.4) is 0 Å². The largest absolute Gasteiger partial charge is 0.356 e. The fourth-order valence-corrected chi connectivity index (χ4v) is 2.61. The highest BCUT2D eigenvalue weighted by Crippen LogP contribution is 2.58. The molecule has 1 rings (SSSR count). The van der Waals surface area contributed by atoms with E-state index in [1.165, 1.54) is 14.2 Å². The Morgan fingerprint density at radius 2 is 2.09 bits per heavy atom. The molecule has 0 bridgehead atoms. The number of hydrogen-bond donors (Lipinski definition) is 0. The lowest BCUT2D eigenvalue weighted by atomic mass is 10.4. The summed E-state index contributed by atoms with van der Waals surface area (Å²) in [7, 11) is -0.0275. The Morgan fingerprint density at radius 3 is 2.45 bits per heavy atom. The summed E-state index contributed by atoms with van der Waals surface area (Å²) < 4.78 is 21.3. The van der Waals surface area contributed by atoms with Crippen LogP contribution in [0.4, 0.5) is 0 Å². The van der Waals surface area contributed by atoms with Gasteiger partial charge in [-0.15, -0.1) is 0 Å². The molecule has 4 heteroatoms. The molecule has 0 aliphatic heterocycles. The standard InChI is InChI=1S/C7H13O3P/c1-9-11(8,10-2)7-5-3-4-6-7/h5H,3-4,6H2,1-2H3. The van der Waals surface area contributed by atoms with E-state index in [4.69, 9.17) is 9.05 Å². The zero-order valence-corrected chi connectivity index (χ0v) is 7.77. The van der Waals surface area contributed by atoms with Gasteiger partial charge in [-0.2, -0.15) is 0 Å². The monoisotopic (exact) mass is 176 g/mol. The molecule has 0 amide bonds. The minimum absolute atomic E-state index is 0.836. The molecular weight excluding hydrogens is 163 g/mol. The lowest BCUT2D eigenvalue weighted by molar-refractivity contribution is 0.282. The Bertz CT molecular complexity index is 202. The zero-order chi connectivity index (χ0) is 8.32. The Balaban J connectivity index is 2.76. The fourth-order valence-electron chi connectivity index (χ4n) is 1.21. The first kappa shape index (κ1) is 8.98. The molecule has 0 unspecified atom stereocenters. The molecule has 64 valence electrons. The number of hydrogen-bond acceptors (Lipinski definition) is 3. The first-order valence-electron chi connectivity index (χ1n) is 3.64. The SMILES string of the molecule is COP(=O)(OC)C1=CCCC1. The quantitative estimate of drug-likeness (QED) is 0.620. The van der Waals surface area contributed by atoms with Gasteiger partial charge in [0.05, 0.1) is 0 Å². The maximum atomic E-state index is 11.6. The second-order valence-electron chi connectivity index (χ2n) is 2.45. The summed E-state index contributed by atoms with van der Waals surface area (Å²) in [6.07, 6.45) is 4.85. The van der Waals surface area contributed by atoms with Gasteiger partial charge in [-0.1, -0.05) is 6.08 Å². The smallest absolute Gasteiger partial charge is 0.309 e. The van der Waals surface area contributed by atoms with Gasteiger partial charge in [0, 0.05) is 19.5 Å². The highest BCUT2D eigenvalue weighted by Gasteiger charge is 2.28. The molecule has 1 aliphatic carbocycles. The number of rotatable bonds is 3. The molecule has 0 fully saturated rings. The highest BCUT2D eigenvalue weighted by atomic mass is 31.2. The van der Waals surface area contributed by atoms with Crippen molar-refractivity contribution in [1.82, 2.24) is 0 Å². The van der Waals surface area contributed by atoms with Gasteiger partial charge in [0.1, 0.15) is 0 Å². The Morgan fingerprint density at radius 1 is 1.45 bits per heavy atom. The third-order valence-corrected chi connectivity index (χ3v) is 3.92. The van der Waals surface area contributed by atoms with E-state index in [1.807, 2.05) is 6.08 Å². The van der Waals surface area contributed by atoms with Crippen molar-refractivity contribution < 1.29 is 13.6 Å². The van der Waals surface area contributed by atoms with Crippen LogP contribution in [-0.2, 0) is 13.6 Å². The van der Waals surface area contributed by atoms with Crippen LogP contribution in [0.1, 0.15) is 19.3 Å². The van der Waals surface area contributed by atoms with Crippen LogP contribution >= 0.6 is 7.60 Å².